The summed E-state index contributed by atoms with van der Waals surface area (Å²) in [5.74, 6) is 0. The van der Waals surface area contributed by atoms with E-state index >= 15 is 0 Å². The first-order valence-corrected chi connectivity index (χ1v) is 6.87. The molecule has 20 heavy (non-hydrogen) atoms. The average Bonchev–Trinajstić information content (AvgIpc) is 2.37. The monoisotopic (exact) mass is 279 g/mol. The maximum absolute atomic E-state index is 11.8. The van der Waals surface area contributed by atoms with E-state index in [0.717, 1.165) is 25.7 Å². The van der Waals surface area contributed by atoms with Crippen molar-refractivity contribution in [1.29, 1.82) is 0 Å². The van der Waals surface area contributed by atoms with Crippen LogP contribution in [0.1, 0.15) is 25.7 Å². The van der Waals surface area contributed by atoms with E-state index in [1.165, 1.54) is 10.6 Å². The number of carbonyl (C=O) groups is 1. The number of nitrogens with zero attached hydrogens (tertiary/aromatic N) is 1. The van der Waals surface area contributed by atoms with Gasteiger partial charge in [-0.3, -0.25) is 4.79 Å². The number of pyridine rings is 1. The maximum atomic E-state index is 11.8. The van der Waals surface area contributed by atoms with Crippen molar-refractivity contribution in [2.75, 3.05) is 18.5 Å². The van der Waals surface area contributed by atoms with E-state index in [-0.39, 0.29) is 23.6 Å². The van der Waals surface area contributed by atoms with Crippen LogP contribution in [0.15, 0.2) is 23.1 Å². The van der Waals surface area contributed by atoms with Crippen LogP contribution in [0.3, 0.4) is 0 Å². The summed E-state index contributed by atoms with van der Waals surface area (Å²) in [7, 11) is 1.63. The summed E-state index contributed by atoms with van der Waals surface area (Å²) < 4.78 is 1.41. The molecule has 0 saturated heterocycles. The highest BCUT2D eigenvalue weighted by molar-refractivity contribution is 5.88. The quantitative estimate of drug-likeness (QED) is 0.753. The average molecular weight is 279 g/mol. The molecule has 0 spiro atoms. The zero-order valence-corrected chi connectivity index (χ0v) is 11.7. The number of hydrogen-bond donors (Lipinski definition) is 3. The lowest BCUT2D eigenvalue weighted by molar-refractivity contribution is 0.0892. The Bertz CT molecular complexity index is 535. The van der Waals surface area contributed by atoms with Crippen molar-refractivity contribution in [3.8, 4) is 0 Å². The van der Waals surface area contributed by atoms with Crippen LogP contribution in [-0.2, 0) is 7.05 Å². The van der Waals surface area contributed by atoms with Crippen molar-refractivity contribution in [3.05, 3.63) is 28.7 Å². The van der Waals surface area contributed by atoms with E-state index in [2.05, 4.69) is 10.6 Å². The second-order valence-electron chi connectivity index (χ2n) is 5.50. The molecule has 1 aromatic rings. The largest absolute Gasteiger partial charge is 0.396 e. The first-order valence-electron chi connectivity index (χ1n) is 6.87. The number of aliphatic hydroxyl groups excluding tert-OH is 1. The van der Waals surface area contributed by atoms with Gasteiger partial charge in [-0.1, -0.05) is 6.42 Å². The Hall–Kier alpha value is -1.82. The summed E-state index contributed by atoms with van der Waals surface area (Å²) in [5, 5.41) is 14.6. The van der Waals surface area contributed by atoms with E-state index in [4.69, 9.17) is 5.11 Å². The van der Waals surface area contributed by atoms with E-state index < -0.39 is 0 Å². The van der Waals surface area contributed by atoms with Gasteiger partial charge in [0.2, 0.25) is 5.56 Å². The van der Waals surface area contributed by atoms with Gasteiger partial charge in [0.05, 0.1) is 5.69 Å². The number of amides is 2. The van der Waals surface area contributed by atoms with Gasteiger partial charge in [0, 0.05) is 32.5 Å². The van der Waals surface area contributed by atoms with Crippen LogP contribution in [0, 0.1) is 5.41 Å². The molecular formula is C14H21N3O3. The number of nitrogens with one attached hydrogen (secondary N) is 2. The third-order valence-electron chi connectivity index (χ3n) is 4.02. The minimum atomic E-state index is -0.284. The minimum absolute atomic E-state index is 0.0651. The Balaban J connectivity index is 1.86. The fourth-order valence-electron chi connectivity index (χ4n) is 2.54. The number of aromatic nitrogens is 1. The normalized spacial score (nSPS) is 16.3. The van der Waals surface area contributed by atoms with Crippen LogP contribution >= 0.6 is 0 Å². The van der Waals surface area contributed by atoms with Crippen molar-refractivity contribution < 1.29 is 9.90 Å². The molecule has 1 aliphatic carbocycles. The molecule has 6 nitrogen and oxygen atoms in total. The summed E-state index contributed by atoms with van der Waals surface area (Å²) >= 11 is 0. The van der Waals surface area contributed by atoms with Crippen molar-refractivity contribution in [3.63, 3.8) is 0 Å². The van der Waals surface area contributed by atoms with Gasteiger partial charge in [-0.05, 0) is 30.7 Å². The Morgan fingerprint density at radius 2 is 2.20 bits per heavy atom. The van der Waals surface area contributed by atoms with Gasteiger partial charge in [-0.25, -0.2) is 4.79 Å². The van der Waals surface area contributed by atoms with E-state index in [1.54, 1.807) is 19.3 Å². The van der Waals surface area contributed by atoms with Crippen LogP contribution < -0.4 is 16.2 Å². The van der Waals surface area contributed by atoms with Crippen LogP contribution in [0.4, 0.5) is 10.5 Å². The molecule has 2 amide bonds. The maximum Gasteiger partial charge on any atom is 0.319 e. The Morgan fingerprint density at radius 1 is 1.45 bits per heavy atom. The molecule has 0 radical (unpaired) electrons. The number of aliphatic hydroxyl groups is 1. The standard InChI is InChI=1S/C14H21N3O3/c1-17-9-11(3-4-12(17)19)16-13(20)15-10-14(7-8-18)5-2-6-14/h3-4,9,18H,2,5-8,10H2,1H3,(H2,15,16,20). The third kappa shape index (κ3) is 3.39. The van der Waals surface area contributed by atoms with Gasteiger partial charge in [-0.15, -0.1) is 0 Å². The number of aryl methyl sites for hydroxylation is 1. The molecule has 0 aromatic carbocycles. The molecule has 0 atom stereocenters. The van der Waals surface area contributed by atoms with Crippen LogP contribution in [0.2, 0.25) is 0 Å². The lowest BCUT2D eigenvalue weighted by atomic mass is 9.67. The predicted octanol–water partition coefficient (Wildman–Crippen LogP) is 1.06. The SMILES string of the molecule is Cn1cc(NC(=O)NCC2(CCO)CCC2)ccc1=O. The Kier molecular flexibility index (Phi) is 4.44. The molecule has 2 rings (SSSR count). The Morgan fingerprint density at radius 3 is 2.75 bits per heavy atom. The first-order chi connectivity index (χ1) is 9.54. The molecule has 1 fully saturated rings. The highest BCUT2D eigenvalue weighted by atomic mass is 16.3. The molecule has 1 aliphatic rings. The van der Waals surface area contributed by atoms with Gasteiger partial charge in [0.15, 0.2) is 0 Å². The molecule has 3 N–H and O–H groups in total. The molecule has 110 valence electrons. The highest BCUT2D eigenvalue weighted by Gasteiger charge is 2.36. The lowest BCUT2D eigenvalue weighted by Crippen LogP contribution is -2.44. The van der Waals surface area contributed by atoms with Crippen molar-refractivity contribution in [2.45, 2.75) is 25.7 Å². The molecular weight excluding hydrogens is 258 g/mol. The van der Waals surface area contributed by atoms with E-state index in [1.807, 2.05) is 0 Å². The summed E-state index contributed by atoms with van der Waals surface area (Å²) in [6.07, 6.45) is 5.56. The van der Waals surface area contributed by atoms with Gasteiger partial charge in [0.1, 0.15) is 0 Å². The van der Waals surface area contributed by atoms with Crippen LogP contribution in [0.25, 0.3) is 0 Å². The number of rotatable bonds is 5. The number of hydrogen-bond acceptors (Lipinski definition) is 3. The number of anilines is 1. The van der Waals surface area contributed by atoms with Crippen LogP contribution in [-0.4, -0.2) is 28.9 Å². The number of carbonyl (C=O) groups excluding carboxylic acids is 1. The lowest BCUT2D eigenvalue weighted by Gasteiger charge is -2.41. The van der Waals surface area contributed by atoms with Crippen LogP contribution in [0.5, 0.6) is 0 Å². The molecule has 0 aliphatic heterocycles. The summed E-state index contributed by atoms with van der Waals surface area (Å²) in [5.41, 5.74) is 0.525. The van der Waals surface area contributed by atoms with Crippen molar-refractivity contribution >= 4 is 11.7 Å². The van der Waals surface area contributed by atoms with E-state index in [0.29, 0.717) is 12.2 Å². The van der Waals surface area contributed by atoms with Gasteiger partial charge in [-0.2, -0.15) is 0 Å². The molecule has 6 heteroatoms. The molecule has 0 bridgehead atoms. The fraction of sp³-hybridized carbons (Fsp3) is 0.571. The Labute approximate surface area is 117 Å². The summed E-state index contributed by atoms with van der Waals surface area (Å²) in [4.78, 5) is 23.1. The van der Waals surface area contributed by atoms with Crippen molar-refractivity contribution in [2.24, 2.45) is 12.5 Å². The minimum Gasteiger partial charge on any atom is -0.396 e. The zero-order valence-electron chi connectivity index (χ0n) is 11.7. The zero-order chi connectivity index (χ0) is 14.6. The summed E-state index contributed by atoms with van der Waals surface area (Å²) in [6, 6.07) is 2.71. The molecule has 1 heterocycles. The predicted molar refractivity (Wildman–Crippen MR) is 76.7 cm³/mol. The molecule has 1 aromatic heterocycles. The van der Waals surface area contributed by atoms with Gasteiger partial charge >= 0.3 is 6.03 Å². The second kappa shape index (κ2) is 6.09. The smallest absolute Gasteiger partial charge is 0.319 e. The summed E-state index contributed by atoms with van der Waals surface area (Å²) in [6.45, 7) is 0.731. The molecule has 1 saturated carbocycles. The first kappa shape index (κ1) is 14.6. The topological polar surface area (TPSA) is 83.4 Å². The van der Waals surface area contributed by atoms with Gasteiger partial charge in [0.25, 0.3) is 0 Å². The third-order valence-corrected chi connectivity index (χ3v) is 4.02. The van der Waals surface area contributed by atoms with Gasteiger partial charge < -0.3 is 20.3 Å². The van der Waals surface area contributed by atoms with Crippen molar-refractivity contribution in [1.82, 2.24) is 9.88 Å². The molecule has 0 unspecified atom stereocenters. The number of urea groups is 1. The fourth-order valence-corrected chi connectivity index (χ4v) is 2.54. The second-order valence-corrected chi connectivity index (χ2v) is 5.50. The van der Waals surface area contributed by atoms with E-state index in [9.17, 15) is 9.59 Å². The highest BCUT2D eigenvalue weighted by Crippen LogP contribution is 2.43.